The van der Waals surface area contributed by atoms with Crippen molar-refractivity contribution < 1.29 is 19.6 Å². The van der Waals surface area contributed by atoms with Crippen molar-refractivity contribution in [3.8, 4) is 5.75 Å². The number of piperazine rings is 1. The van der Waals surface area contributed by atoms with Gasteiger partial charge in [0.05, 0.1) is 11.5 Å². The number of para-hydroxylation sites is 1. The quantitative estimate of drug-likeness (QED) is 0.453. The second kappa shape index (κ2) is 11.0. The van der Waals surface area contributed by atoms with Crippen molar-refractivity contribution in [3.63, 3.8) is 0 Å². The summed E-state index contributed by atoms with van der Waals surface area (Å²) in [5, 5.41) is 24.0. The van der Waals surface area contributed by atoms with Crippen LogP contribution in [0.15, 0.2) is 42.5 Å². The summed E-state index contributed by atoms with van der Waals surface area (Å²) in [6.45, 7) is 7.89. The molecule has 32 heavy (non-hydrogen) atoms. The Kier molecular flexibility index (Phi) is 8.15. The Labute approximate surface area is 187 Å². The molecule has 172 valence electrons. The molecule has 1 amide bonds. The SMILES string of the molecule is Cc1cccc(C)c1NC(=O)CN1CCN(CC(O)COc2ccc([N+](=O)[O-])cc2)CC1. The predicted octanol–water partition coefficient (Wildman–Crippen LogP) is 2.21. The summed E-state index contributed by atoms with van der Waals surface area (Å²) >= 11 is 0. The lowest BCUT2D eigenvalue weighted by molar-refractivity contribution is -0.384. The third-order valence-electron chi connectivity index (χ3n) is 5.54. The number of rotatable bonds is 9. The van der Waals surface area contributed by atoms with Gasteiger partial charge in [-0.3, -0.25) is 24.7 Å². The highest BCUT2D eigenvalue weighted by Crippen LogP contribution is 2.20. The van der Waals surface area contributed by atoms with Crippen LogP contribution in [0.3, 0.4) is 0 Å². The van der Waals surface area contributed by atoms with Crippen molar-refractivity contribution in [2.45, 2.75) is 20.0 Å². The zero-order valence-electron chi connectivity index (χ0n) is 18.5. The Hall–Kier alpha value is -3.01. The minimum Gasteiger partial charge on any atom is -0.491 e. The molecular formula is C23H30N4O5. The lowest BCUT2D eigenvalue weighted by atomic mass is 10.1. The summed E-state index contributed by atoms with van der Waals surface area (Å²) in [7, 11) is 0. The van der Waals surface area contributed by atoms with Crippen molar-refractivity contribution in [2.75, 3.05) is 51.2 Å². The third-order valence-corrected chi connectivity index (χ3v) is 5.54. The molecule has 3 rings (SSSR count). The predicted molar refractivity (Wildman–Crippen MR) is 122 cm³/mol. The van der Waals surface area contributed by atoms with Crippen LogP contribution in [-0.4, -0.2) is 77.7 Å². The van der Waals surface area contributed by atoms with Crippen LogP contribution in [0.2, 0.25) is 0 Å². The molecule has 0 aromatic heterocycles. The van der Waals surface area contributed by atoms with E-state index >= 15 is 0 Å². The molecule has 2 N–H and O–H groups in total. The molecular weight excluding hydrogens is 412 g/mol. The molecule has 1 aliphatic heterocycles. The zero-order valence-corrected chi connectivity index (χ0v) is 18.5. The average molecular weight is 443 g/mol. The van der Waals surface area contributed by atoms with Crippen LogP contribution in [0.5, 0.6) is 5.75 Å². The second-order valence-corrected chi connectivity index (χ2v) is 8.11. The molecule has 1 saturated heterocycles. The summed E-state index contributed by atoms with van der Waals surface area (Å²) in [5.41, 5.74) is 2.98. The number of benzene rings is 2. The van der Waals surface area contributed by atoms with Crippen LogP contribution < -0.4 is 10.1 Å². The van der Waals surface area contributed by atoms with Crippen LogP contribution in [0.4, 0.5) is 11.4 Å². The summed E-state index contributed by atoms with van der Waals surface area (Å²) in [4.78, 5) is 26.9. The van der Waals surface area contributed by atoms with Crippen LogP contribution in [0.1, 0.15) is 11.1 Å². The monoisotopic (exact) mass is 442 g/mol. The number of anilines is 1. The number of hydrogen-bond donors (Lipinski definition) is 2. The standard InChI is InChI=1S/C23H30N4O5/c1-17-4-3-5-18(2)23(17)24-22(29)15-26-12-10-25(11-13-26)14-20(28)16-32-21-8-6-19(7-9-21)27(30)31/h3-9,20,28H,10-16H2,1-2H3,(H,24,29). The Morgan fingerprint density at radius 3 is 2.28 bits per heavy atom. The van der Waals surface area contributed by atoms with Gasteiger partial charge in [-0.15, -0.1) is 0 Å². The minimum atomic E-state index is -0.677. The lowest BCUT2D eigenvalue weighted by Gasteiger charge is -2.35. The largest absolute Gasteiger partial charge is 0.491 e. The summed E-state index contributed by atoms with van der Waals surface area (Å²) in [6.07, 6.45) is -0.677. The van der Waals surface area contributed by atoms with Crippen LogP contribution in [0, 0.1) is 24.0 Å². The number of ether oxygens (including phenoxy) is 1. The first-order valence-electron chi connectivity index (χ1n) is 10.7. The highest BCUT2D eigenvalue weighted by molar-refractivity contribution is 5.93. The first-order chi connectivity index (χ1) is 15.3. The molecule has 1 aliphatic rings. The van der Waals surface area contributed by atoms with Crippen LogP contribution >= 0.6 is 0 Å². The van der Waals surface area contributed by atoms with Crippen molar-refractivity contribution >= 4 is 17.3 Å². The summed E-state index contributed by atoms with van der Waals surface area (Å²) in [5.74, 6) is 0.460. The first kappa shape index (κ1) is 23.6. The topological polar surface area (TPSA) is 108 Å². The number of aryl methyl sites for hydroxylation is 2. The third kappa shape index (κ3) is 6.74. The van der Waals surface area contributed by atoms with E-state index in [1.165, 1.54) is 24.3 Å². The Morgan fingerprint density at radius 1 is 1.09 bits per heavy atom. The van der Waals surface area contributed by atoms with E-state index in [2.05, 4.69) is 15.1 Å². The van der Waals surface area contributed by atoms with E-state index in [0.29, 0.717) is 18.8 Å². The van der Waals surface area contributed by atoms with E-state index in [0.717, 1.165) is 43.0 Å². The lowest BCUT2D eigenvalue weighted by Crippen LogP contribution is -2.50. The molecule has 1 fully saturated rings. The number of nitrogens with zero attached hydrogens (tertiary/aromatic N) is 3. The fourth-order valence-corrected chi connectivity index (χ4v) is 3.73. The van der Waals surface area contributed by atoms with Gasteiger partial charge in [-0.2, -0.15) is 0 Å². The molecule has 9 heteroatoms. The van der Waals surface area contributed by atoms with E-state index in [4.69, 9.17) is 4.74 Å². The fourth-order valence-electron chi connectivity index (χ4n) is 3.73. The van der Waals surface area contributed by atoms with E-state index in [1.54, 1.807) is 0 Å². The van der Waals surface area contributed by atoms with Gasteiger partial charge in [0.2, 0.25) is 5.91 Å². The molecule has 0 aliphatic carbocycles. The van der Waals surface area contributed by atoms with Crippen molar-refractivity contribution in [3.05, 3.63) is 63.7 Å². The van der Waals surface area contributed by atoms with Crippen molar-refractivity contribution in [1.82, 2.24) is 9.80 Å². The number of nitro benzene ring substituents is 1. The Bertz CT molecular complexity index is 906. The molecule has 0 radical (unpaired) electrons. The van der Waals surface area contributed by atoms with Crippen LogP contribution in [0.25, 0.3) is 0 Å². The van der Waals surface area contributed by atoms with Gasteiger partial charge in [0.25, 0.3) is 5.69 Å². The summed E-state index contributed by atoms with van der Waals surface area (Å²) < 4.78 is 5.53. The van der Waals surface area contributed by atoms with Gasteiger partial charge in [-0.1, -0.05) is 18.2 Å². The molecule has 1 atom stereocenters. The van der Waals surface area contributed by atoms with E-state index in [-0.39, 0.29) is 18.2 Å². The number of nitro groups is 1. The van der Waals surface area contributed by atoms with Gasteiger partial charge in [0, 0.05) is 50.5 Å². The number of β-amino-alcohol motifs (C(OH)–C–C–N with tert-alkyl or cyclic N) is 1. The molecule has 0 saturated carbocycles. The molecule has 1 unspecified atom stereocenters. The Morgan fingerprint density at radius 2 is 1.69 bits per heavy atom. The Balaban J connectivity index is 1.37. The van der Waals surface area contributed by atoms with Gasteiger partial charge < -0.3 is 15.2 Å². The molecule has 0 spiro atoms. The molecule has 1 heterocycles. The normalized spacial score (nSPS) is 15.8. The second-order valence-electron chi connectivity index (χ2n) is 8.11. The minimum absolute atomic E-state index is 0.00140. The first-order valence-corrected chi connectivity index (χ1v) is 10.7. The van der Waals surface area contributed by atoms with E-state index in [1.807, 2.05) is 32.0 Å². The van der Waals surface area contributed by atoms with Crippen molar-refractivity contribution in [1.29, 1.82) is 0 Å². The molecule has 2 aromatic rings. The summed E-state index contributed by atoms with van der Waals surface area (Å²) in [6, 6.07) is 11.7. The number of aliphatic hydroxyl groups is 1. The maximum atomic E-state index is 12.5. The molecule has 9 nitrogen and oxygen atoms in total. The van der Waals surface area contributed by atoms with E-state index < -0.39 is 11.0 Å². The average Bonchev–Trinajstić information content (AvgIpc) is 2.76. The van der Waals surface area contributed by atoms with Gasteiger partial charge in [-0.25, -0.2) is 0 Å². The maximum absolute atomic E-state index is 12.5. The van der Waals surface area contributed by atoms with E-state index in [9.17, 15) is 20.0 Å². The molecule has 0 bridgehead atoms. The number of nitrogens with one attached hydrogen (secondary N) is 1. The number of carbonyl (C=O) groups is 1. The van der Waals surface area contributed by atoms with Crippen molar-refractivity contribution in [2.24, 2.45) is 0 Å². The van der Waals surface area contributed by atoms with Gasteiger partial charge in [-0.05, 0) is 37.1 Å². The zero-order chi connectivity index (χ0) is 23.1. The highest BCUT2D eigenvalue weighted by atomic mass is 16.6. The smallest absolute Gasteiger partial charge is 0.269 e. The van der Waals surface area contributed by atoms with Gasteiger partial charge >= 0.3 is 0 Å². The number of non-ortho nitro benzene ring substituents is 1. The van der Waals surface area contributed by atoms with Gasteiger partial charge in [0.1, 0.15) is 18.5 Å². The number of hydrogen-bond acceptors (Lipinski definition) is 7. The maximum Gasteiger partial charge on any atom is 0.269 e. The number of amides is 1. The molecule has 2 aromatic carbocycles. The number of aliphatic hydroxyl groups excluding tert-OH is 1. The van der Waals surface area contributed by atoms with Gasteiger partial charge in [0.15, 0.2) is 0 Å². The highest BCUT2D eigenvalue weighted by Gasteiger charge is 2.21. The fraction of sp³-hybridized carbons (Fsp3) is 0.435. The number of carbonyl (C=O) groups excluding carboxylic acids is 1. The van der Waals surface area contributed by atoms with Crippen LogP contribution in [-0.2, 0) is 4.79 Å².